The van der Waals surface area contributed by atoms with Crippen LogP contribution in [0.5, 0.6) is 5.75 Å². The van der Waals surface area contributed by atoms with Crippen LogP contribution in [0.4, 0.5) is 0 Å². The van der Waals surface area contributed by atoms with Gasteiger partial charge >= 0.3 is 0 Å². The van der Waals surface area contributed by atoms with E-state index in [0.717, 1.165) is 41.8 Å². The van der Waals surface area contributed by atoms with Crippen molar-refractivity contribution in [3.63, 3.8) is 0 Å². The summed E-state index contributed by atoms with van der Waals surface area (Å²) in [6.45, 7) is 4.46. The van der Waals surface area contributed by atoms with Crippen molar-refractivity contribution in [2.45, 2.75) is 25.2 Å². The summed E-state index contributed by atoms with van der Waals surface area (Å²) in [6, 6.07) is 6.13. The van der Waals surface area contributed by atoms with E-state index in [0.29, 0.717) is 0 Å². The number of nitrogens with one attached hydrogen (secondary N) is 1. The Labute approximate surface area is 133 Å². The zero-order valence-corrected chi connectivity index (χ0v) is 14.0. The third kappa shape index (κ3) is 2.72. The van der Waals surface area contributed by atoms with Crippen LogP contribution >= 0.6 is 15.9 Å². The molecule has 2 aromatic rings. The summed E-state index contributed by atoms with van der Waals surface area (Å²) in [5.74, 6) is 0.841. The Morgan fingerprint density at radius 2 is 2.10 bits per heavy atom. The van der Waals surface area contributed by atoms with Crippen molar-refractivity contribution in [2.24, 2.45) is 0 Å². The molecule has 0 radical (unpaired) electrons. The first-order valence-electron chi connectivity index (χ1n) is 7.21. The molecule has 0 bridgehead atoms. The van der Waals surface area contributed by atoms with Crippen molar-refractivity contribution >= 4 is 15.9 Å². The van der Waals surface area contributed by atoms with E-state index in [1.165, 1.54) is 5.69 Å². The molecule has 21 heavy (non-hydrogen) atoms. The molecular formula is C16H20BrN3O. The predicted molar refractivity (Wildman–Crippen MR) is 87.3 cm³/mol. The van der Waals surface area contributed by atoms with Crippen molar-refractivity contribution in [2.75, 3.05) is 20.2 Å². The highest BCUT2D eigenvalue weighted by atomic mass is 79.9. The van der Waals surface area contributed by atoms with Crippen LogP contribution in [0.3, 0.4) is 0 Å². The fraction of sp³-hybridized carbons (Fsp3) is 0.438. The number of hydrogen-bond donors (Lipinski definition) is 1. The number of imidazole rings is 1. The highest BCUT2D eigenvalue weighted by Gasteiger charge is 2.32. The molecule has 112 valence electrons. The summed E-state index contributed by atoms with van der Waals surface area (Å²) in [5.41, 5.74) is 2.56. The van der Waals surface area contributed by atoms with Crippen LogP contribution in [-0.4, -0.2) is 29.8 Å². The molecule has 2 heterocycles. The monoisotopic (exact) mass is 349 g/mol. The highest BCUT2D eigenvalue weighted by molar-refractivity contribution is 9.10. The molecule has 3 rings (SSSR count). The van der Waals surface area contributed by atoms with Crippen LogP contribution in [0, 0.1) is 0 Å². The van der Waals surface area contributed by atoms with Crippen LogP contribution in [-0.2, 0) is 5.41 Å². The Balaban J connectivity index is 2.00. The molecule has 0 unspecified atom stereocenters. The maximum absolute atomic E-state index is 5.30. The van der Waals surface area contributed by atoms with Crippen molar-refractivity contribution in [3.8, 4) is 11.4 Å². The second kappa shape index (κ2) is 5.81. The molecule has 0 spiro atoms. The van der Waals surface area contributed by atoms with E-state index in [9.17, 15) is 0 Å². The fourth-order valence-electron chi connectivity index (χ4n) is 2.99. The van der Waals surface area contributed by atoms with Gasteiger partial charge in [0.1, 0.15) is 5.75 Å². The van der Waals surface area contributed by atoms with E-state index in [1.54, 1.807) is 7.11 Å². The molecule has 0 saturated carbocycles. The van der Waals surface area contributed by atoms with Gasteiger partial charge in [-0.3, -0.25) is 0 Å². The van der Waals surface area contributed by atoms with Gasteiger partial charge in [0.2, 0.25) is 0 Å². The van der Waals surface area contributed by atoms with E-state index in [-0.39, 0.29) is 5.41 Å². The third-order valence-electron chi connectivity index (χ3n) is 4.38. The largest absolute Gasteiger partial charge is 0.496 e. The van der Waals surface area contributed by atoms with Crippen LogP contribution in [0.15, 0.2) is 35.2 Å². The minimum Gasteiger partial charge on any atom is -0.496 e. The molecule has 1 aliphatic heterocycles. The summed E-state index contributed by atoms with van der Waals surface area (Å²) < 4.78 is 8.45. The maximum Gasteiger partial charge on any atom is 0.133 e. The minimum absolute atomic E-state index is 0.175. The second-order valence-corrected chi connectivity index (χ2v) is 6.63. The average Bonchev–Trinajstić information content (AvgIpc) is 2.98. The molecular weight excluding hydrogens is 330 g/mol. The van der Waals surface area contributed by atoms with Crippen LogP contribution in [0.1, 0.15) is 25.5 Å². The van der Waals surface area contributed by atoms with Gasteiger partial charge in [-0.1, -0.05) is 6.92 Å². The molecule has 5 heteroatoms. The Hall–Kier alpha value is -1.33. The van der Waals surface area contributed by atoms with Crippen LogP contribution in [0.25, 0.3) is 5.69 Å². The van der Waals surface area contributed by atoms with E-state index in [1.807, 2.05) is 18.6 Å². The Kier molecular flexibility index (Phi) is 4.04. The Morgan fingerprint density at radius 3 is 2.76 bits per heavy atom. The number of benzene rings is 1. The third-order valence-corrected chi connectivity index (χ3v) is 5.00. The second-order valence-electron chi connectivity index (χ2n) is 5.78. The number of piperidine rings is 1. The number of nitrogens with zero attached hydrogens (tertiary/aromatic N) is 2. The van der Waals surface area contributed by atoms with Crippen molar-refractivity contribution in [1.82, 2.24) is 14.9 Å². The first-order chi connectivity index (χ1) is 10.1. The quantitative estimate of drug-likeness (QED) is 0.923. The van der Waals surface area contributed by atoms with Gasteiger partial charge in [-0.2, -0.15) is 0 Å². The molecule has 1 fully saturated rings. The van der Waals surface area contributed by atoms with Gasteiger partial charge in [-0.25, -0.2) is 4.98 Å². The first-order valence-corrected chi connectivity index (χ1v) is 8.01. The van der Waals surface area contributed by atoms with Crippen LogP contribution in [0.2, 0.25) is 0 Å². The van der Waals surface area contributed by atoms with Crippen molar-refractivity contribution in [3.05, 3.63) is 40.9 Å². The van der Waals surface area contributed by atoms with E-state index < -0.39 is 0 Å². The summed E-state index contributed by atoms with van der Waals surface area (Å²) in [4.78, 5) is 4.39. The first kappa shape index (κ1) is 14.6. The SMILES string of the molecule is COc1ccc(-n2cncc2C2(C)CCNCC2)cc1Br. The number of halogens is 1. The minimum atomic E-state index is 0.175. The molecule has 4 nitrogen and oxygen atoms in total. The summed E-state index contributed by atoms with van der Waals surface area (Å²) >= 11 is 3.56. The zero-order valence-electron chi connectivity index (χ0n) is 12.4. The topological polar surface area (TPSA) is 39.1 Å². The average molecular weight is 350 g/mol. The normalized spacial score (nSPS) is 17.7. The van der Waals surface area contributed by atoms with Gasteiger partial charge in [-0.05, 0) is 60.1 Å². The summed E-state index contributed by atoms with van der Waals surface area (Å²) in [6.07, 6.45) is 6.17. The number of methoxy groups -OCH3 is 1. The Bertz CT molecular complexity index is 632. The van der Waals surface area contributed by atoms with Gasteiger partial charge in [0, 0.05) is 23.0 Å². The summed E-state index contributed by atoms with van der Waals surface area (Å²) in [7, 11) is 1.68. The maximum atomic E-state index is 5.30. The molecule has 1 aromatic carbocycles. The van der Waals surface area contributed by atoms with Gasteiger partial charge in [0.25, 0.3) is 0 Å². The number of ether oxygens (including phenoxy) is 1. The predicted octanol–water partition coefficient (Wildman–Crippen LogP) is 3.28. The van der Waals surface area contributed by atoms with Crippen molar-refractivity contribution < 1.29 is 4.74 Å². The number of hydrogen-bond acceptors (Lipinski definition) is 3. The van der Waals surface area contributed by atoms with Gasteiger partial charge in [0.15, 0.2) is 0 Å². The van der Waals surface area contributed by atoms with Crippen LogP contribution < -0.4 is 10.1 Å². The van der Waals surface area contributed by atoms with Crippen molar-refractivity contribution in [1.29, 1.82) is 0 Å². The molecule has 1 aliphatic rings. The summed E-state index contributed by atoms with van der Waals surface area (Å²) in [5, 5.41) is 3.43. The molecule has 1 saturated heterocycles. The lowest BCUT2D eigenvalue weighted by atomic mass is 9.78. The lowest BCUT2D eigenvalue weighted by molar-refractivity contribution is 0.324. The number of aromatic nitrogens is 2. The smallest absolute Gasteiger partial charge is 0.133 e. The molecule has 1 N–H and O–H groups in total. The fourth-order valence-corrected chi connectivity index (χ4v) is 3.52. The van der Waals surface area contributed by atoms with Gasteiger partial charge < -0.3 is 14.6 Å². The molecule has 1 aromatic heterocycles. The molecule has 0 aliphatic carbocycles. The van der Waals surface area contributed by atoms with E-state index in [2.05, 4.69) is 49.9 Å². The highest BCUT2D eigenvalue weighted by Crippen LogP contribution is 2.35. The lowest BCUT2D eigenvalue weighted by Gasteiger charge is -2.34. The number of rotatable bonds is 3. The molecule has 0 amide bonds. The van der Waals surface area contributed by atoms with Gasteiger partial charge in [-0.15, -0.1) is 0 Å². The zero-order chi connectivity index (χ0) is 14.9. The van der Waals surface area contributed by atoms with E-state index in [4.69, 9.17) is 4.74 Å². The Morgan fingerprint density at radius 1 is 1.33 bits per heavy atom. The molecule has 0 atom stereocenters. The van der Waals surface area contributed by atoms with Gasteiger partial charge in [0.05, 0.1) is 17.9 Å². The lowest BCUT2D eigenvalue weighted by Crippen LogP contribution is -2.38. The van der Waals surface area contributed by atoms with E-state index >= 15 is 0 Å². The standard InChI is InChI=1S/C16H20BrN3O/c1-16(5-7-18-8-6-16)15-10-19-11-20(15)12-3-4-14(21-2)13(17)9-12/h3-4,9-11,18H,5-8H2,1-2H3.